The predicted molar refractivity (Wildman–Crippen MR) is 120 cm³/mol. The molecule has 1 heterocycles. The van der Waals surface area contributed by atoms with Crippen molar-refractivity contribution in [1.29, 1.82) is 0 Å². The number of carbonyl (C=O) groups is 1. The van der Waals surface area contributed by atoms with Crippen LogP contribution in [0.1, 0.15) is 10.4 Å². The van der Waals surface area contributed by atoms with Gasteiger partial charge in [0.05, 0.1) is 12.0 Å². The van der Waals surface area contributed by atoms with E-state index < -0.39 is 10.8 Å². The Morgan fingerprint density at radius 3 is 2.73 bits per heavy atom. The van der Waals surface area contributed by atoms with Crippen LogP contribution < -0.4 is 10.1 Å². The lowest BCUT2D eigenvalue weighted by molar-refractivity contribution is -0.385. The quantitative estimate of drug-likeness (QED) is 0.221. The molecule has 4 rings (SSSR count). The van der Waals surface area contributed by atoms with Gasteiger partial charge in [-0.3, -0.25) is 14.9 Å². The van der Waals surface area contributed by atoms with Crippen molar-refractivity contribution >= 4 is 51.0 Å². The number of fused-ring (bicyclic) bond motifs is 1. The highest BCUT2D eigenvalue weighted by Crippen LogP contribution is 2.29. The summed E-state index contributed by atoms with van der Waals surface area (Å²) in [5.41, 5.74) is 2.38. The molecule has 150 valence electrons. The number of nitrogens with zero attached hydrogens (tertiary/aromatic N) is 2. The van der Waals surface area contributed by atoms with Crippen LogP contribution in [0.4, 0.5) is 11.4 Å². The van der Waals surface area contributed by atoms with E-state index in [4.69, 9.17) is 9.15 Å². The van der Waals surface area contributed by atoms with Gasteiger partial charge in [-0.25, -0.2) is 4.98 Å². The molecule has 0 aliphatic heterocycles. The van der Waals surface area contributed by atoms with Crippen molar-refractivity contribution in [3.63, 3.8) is 0 Å². The summed E-state index contributed by atoms with van der Waals surface area (Å²) in [6.45, 7) is 0. The van der Waals surface area contributed by atoms with Crippen LogP contribution in [-0.2, 0) is 0 Å². The zero-order chi connectivity index (χ0) is 21.3. The van der Waals surface area contributed by atoms with Crippen LogP contribution in [-0.4, -0.2) is 22.9 Å². The van der Waals surface area contributed by atoms with Crippen LogP contribution in [0.2, 0.25) is 0 Å². The third-order valence-electron chi connectivity index (χ3n) is 4.35. The third-order valence-corrected chi connectivity index (χ3v) is 5.03. The van der Waals surface area contributed by atoms with Crippen molar-refractivity contribution in [3.05, 3.63) is 79.9 Å². The molecule has 0 unspecified atom stereocenters. The van der Waals surface area contributed by atoms with Crippen molar-refractivity contribution in [2.75, 3.05) is 12.4 Å². The number of anilines is 1. The molecule has 30 heavy (non-hydrogen) atoms. The zero-order valence-corrected chi connectivity index (χ0v) is 17.7. The highest BCUT2D eigenvalue weighted by atomic mass is 127. The van der Waals surface area contributed by atoms with Gasteiger partial charge in [0.1, 0.15) is 5.52 Å². The maximum Gasteiger partial charge on any atom is 0.311 e. The number of oxazole rings is 1. The average molecular weight is 515 g/mol. The Morgan fingerprint density at radius 1 is 1.17 bits per heavy atom. The van der Waals surface area contributed by atoms with Crippen LogP contribution in [0, 0.1) is 13.7 Å². The summed E-state index contributed by atoms with van der Waals surface area (Å²) in [6, 6.07) is 16.9. The number of hydrogen-bond acceptors (Lipinski definition) is 6. The SMILES string of the molecule is COc1ccc(C(=O)Nc2ccc3oc(-c4cccc(I)c4)nc3c2)cc1[N+](=O)[O-]. The normalized spacial score (nSPS) is 10.7. The molecule has 0 fully saturated rings. The van der Waals surface area contributed by atoms with Crippen molar-refractivity contribution in [2.24, 2.45) is 0 Å². The zero-order valence-electron chi connectivity index (χ0n) is 15.6. The molecule has 1 amide bonds. The van der Waals surface area contributed by atoms with Gasteiger partial charge in [0.25, 0.3) is 5.91 Å². The topological polar surface area (TPSA) is 108 Å². The second-order valence-electron chi connectivity index (χ2n) is 6.31. The van der Waals surface area contributed by atoms with Crippen LogP contribution in [0.15, 0.2) is 65.1 Å². The van der Waals surface area contributed by atoms with Crippen molar-refractivity contribution in [3.8, 4) is 17.2 Å². The van der Waals surface area contributed by atoms with Crippen LogP contribution in [0.25, 0.3) is 22.6 Å². The van der Waals surface area contributed by atoms with Gasteiger partial charge in [-0.2, -0.15) is 0 Å². The van der Waals surface area contributed by atoms with Crippen molar-refractivity contribution in [2.45, 2.75) is 0 Å². The second kappa shape index (κ2) is 8.11. The highest BCUT2D eigenvalue weighted by molar-refractivity contribution is 14.1. The Hall–Kier alpha value is -3.47. The number of ether oxygens (including phenoxy) is 1. The molecule has 8 nitrogen and oxygen atoms in total. The maximum atomic E-state index is 12.6. The molecule has 1 aromatic heterocycles. The average Bonchev–Trinajstić information content (AvgIpc) is 3.16. The summed E-state index contributed by atoms with van der Waals surface area (Å²) in [4.78, 5) is 27.6. The van der Waals surface area contributed by atoms with E-state index in [2.05, 4.69) is 32.9 Å². The molecular formula is C21H14IN3O5. The summed E-state index contributed by atoms with van der Waals surface area (Å²) in [5.74, 6) is 0.0860. The summed E-state index contributed by atoms with van der Waals surface area (Å²) in [6.07, 6.45) is 0. The second-order valence-corrected chi connectivity index (χ2v) is 7.56. The van der Waals surface area contributed by atoms with Gasteiger partial charge in [-0.15, -0.1) is 0 Å². The molecule has 4 aromatic rings. The highest BCUT2D eigenvalue weighted by Gasteiger charge is 2.18. The Kier molecular flexibility index (Phi) is 5.36. The lowest BCUT2D eigenvalue weighted by atomic mass is 10.1. The van der Waals surface area contributed by atoms with E-state index in [9.17, 15) is 14.9 Å². The first-order valence-electron chi connectivity index (χ1n) is 8.75. The first-order valence-corrected chi connectivity index (χ1v) is 9.83. The number of benzene rings is 3. The molecule has 0 radical (unpaired) electrons. The molecule has 0 atom stereocenters. The lowest BCUT2D eigenvalue weighted by Crippen LogP contribution is -2.12. The summed E-state index contributed by atoms with van der Waals surface area (Å²) < 4.78 is 11.8. The standard InChI is InChI=1S/C21H14IN3O5/c1-29-19-7-5-12(10-17(19)25(27)28)20(26)23-15-6-8-18-16(11-15)24-21(30-18)13-3-2-4-14(22)9-13/h2-11H,1H3,(H,23,26). The summed E-state index contributed by atoms with van der Waals surface area (Å²) >= 11 is 2.22. The molecule has 9 heteroatoms. The number of nitro benzene ring substituents is 1. The smallest absolute Gasteiger partial charge is 0.311 e. The number of rotatable bonds is 5. The number of nitrogens with one attached hydrogen (secondary N) is 1. The number of hydrogen-bond donors (Lipinski definition) is 1. The molecular weight excluding hydrogens is 501 g/mol. The van der Waals surface area contributed by atoms with E-state index in [1.807, 2.05) is 24.3 Å². The first-order chi connectivity index (χ1) is 14.4. The Morgan fingerprint density at radius 2 is 2.00 bits per heavy atom. The fraction of sp³-hybridized carbons (Fsp3) is 0.0476. The number of methoxy groups -OCH3 is 1. The fourth-order valence-electron chi connectivity index (χ4n) is 2.93. The fourth-order valence-corrected chi connectivity index (χ4v) is 3.47. The Balaban J connectivity index is 1.60. The number of halogens is 1. The summed E-state index contributed by atoms with van der Waals surface area (Å²) in [7, 11) is 1.33. The number of amides is 1. The maximum absolute atomic E-state index is 12.6. The van der Waals surface area contributed by atoms with Crippen LogP contribution >= 0.6 is 22.6 Å². The van der Waals surface area contributed by atoms with Gasteiger partial charge >= 0.3 is 5.69 Å². The van der Waals surface area contributed by atoms with E-state index in [1.165, 1.54) is 25.3 Å². The molecule has 1 N–H and O–H groups in total. The van der Waals surface area contributed by atoms with Gasteiger partial charge in [0.15, 0.2) is 11.3 Å². The third kappa shape index (κ3) is 3.96. The number of nitro groups is 1. The van der Waals surface area contributed by atoms with E-state index in [-0.39, 0.29) is 17.0 Å². The van der Waals surface area contributed by atoms with Gasteiger partial charge in [0.2, 0.25) is 5.89 Å². The van der Waals surface area contributed by atoms with Crippen LogP contribution in [0.5, 0.6) is 5.75 Å². The minimum absolute atomic E-state index is 0.0867. The van der Waals surface area contributed by atoms with Gasteiger partial charge in [-0.05, 0) is 71.1 Å². The van der Waals surface area contributed by atoms with E-state index >= 15 is 0 Å². The lowest BCUT2D eigenvalue weighted by Gasteiger charge is -2.06. The van der Waals surface area contributed by atoms with E-state index in [1.54, 1.807) is 18.2 Å². The monoisotopic (exact) mass is 515 g/mol. The van der Waals surface area contributed by atoms with Gasteiger partial charge in [0, 0.05) is 26.5 Å². The van der Waals surface area contributed by atoms with Crippen molar-refractivity contribution < 1.29 is 18.9 Å². The van der Waals surface area contributed by atoms with Gasteiger partial charge in [-0.1, -0.05) is 6.07 Å². The minimum Gasteiger partial charge on any atom is -0.490 e. The molecule has 0 bridgehead atoms. The molecule has 0 saturated heterocycles. The van der Waals surface area contributed by atoms with Crippen LogP contribution in [0.3, 0.4) is 0 Å². The Labute approximate surface area is 184 Å². The Bertz CT molecular complexity index is 1280. The van der Waals surface area contributed by atoms with Crippen molar-refractivity contribution in [1.82, 2.24) is 4.98 Å². The molecule has 0 aliphatic rings. The molecule has 0 spiro atoms. The predicted octanol–water partition coefficient (Wildman–Crippen LogP) is 5.27. The summed E-state index contributed by atoms with van der Waals surface area (Å²) in [5, 5.41) is 13.9. The number of aromatic nitrogens is 1. The minimum atomic E-state index is -0.594. The molecule has 3 aromatic carbocycles. The van der Waals surface area contributed by atoms with E-state index in [0.29, 0.717) is 22.7 Å². The number of carbonyl (C=O) groups excluding carboxylic acids is 1. The first kappa shape index (κ1) is 19.8. The van der Waals surface area contributed by atoms with E-state index in [0.717, 1.165) is 9.13 Å². The largest absolute Gasteiger partial charge is 0.490 e. The van der Waals surface area contributed by atoms with Gasteiger partial charge < -0.3 is 14.5 Å². The molecule has 0 aliphatic carbocycles. The molecule has 0 saturated carbocycles.